The van der Waals surface area contributed by atoms with Crippen LogP contribution in [0.4, 0.5) is 0 Å². The molecule has 190 valence electrons. The molecule has 0 bridgehead atoms. The molecule has 8 nitrogen and oxygen atoms in total. The number of hydrogen-bond donors (Lipinski definition) is 1. The highest BCUT2D eigenvalue weighted by Gasteiger charge is 2.48. The van der Waals surface area contributed by atoms with Gasteiger partial charge in [0.2, 0.25) is 5.91 Å². The zero-order chi connectivity index (χ0) is 25.3. The number of carbonyl (C=O) groups excluding carboxylic acids is 2. The summed E-state index contributed by atoms with van der Waals surface area (Å²) in [6.07, 6.45) is 6.97. The Kier molecular flexibility index (Phi) is 6.51. The van der Waals surface area contributed by atoms with E-state index in [1.807, 2.05) is 47.9 Å². The maximum atomic E-state index is 13.9. The van der Waals surface area contributed by atoms with E-state index in [-0.39, 0.29) is 24.4 Å². The number of fused-ring (bicyclic) bond motifs is 1. The number of nitrogens with zero attached hydrogens (tertiary/aromatic N) is 2. The summed E-state index contributed by atoms with van der Waals surface area (Å²) >= 11 is 0. The average Bonchev–Trinajstić information content (AvgIpc) is 3.57. The van der Waals surface area contributed by atoms with Gasteiger partial charge in [-0.05, 0) is 61.7 Å². The zero-order valence-corrected chi connectivity index (χ0v) is 21.1. The van der Waals surface area contributed by atoms with Gasteiger partial charge in [0.15, 0.2) is 11.5 Å². The minimum atomic E-state index is -1.10. The van der Waals surface area contributed by atoms with E-state index < -0.39 is 5.54 Å². The van der Waals surface area contributed by atoms with Gasteiger partial charge < -0.3 is 28.7 Å². The van der Waals surface area contributed by atoms with Crippen molar-refractivity contribution in [3.05, 3.63) is 60.0 Å². The van der Waals surface area contributed by atoms with Crippen LogP contribution in [0, 0.1) is 0 Å². The van der Waals surface area contributed by atoms with Crippen molar-refractivity contribution in [3.63, 3.8) is 0 Å². The molecule has 0 saturated heterocycles. The van der Waals surface area contributed by atoms with Crippen LogP contribution >= 0.6 is 0 Å². The molecule has 2 amide bonds. The van der Waals surface area contributed by atoms with Gasteiger partial charge in [-0.2, -0.15) is 0 Å². The summed E-state index contributed by atoms with van der Waals surface area (Å²) in [6, 6.07) is 13.1. The van der Waals surface area contributed by atoms with E-state index in [4.69, 9.17) is 13.9 Å². The summed E-state index contributed by atoms with van der Waals surface area (Å²) in [5, 5.41) is 3.27. The molecule has 2 aliphatic rings. The maximum Gasteiger partial charge on any atom is 0.271 e. The van der Waals surface area contributed by atoms with E-state index in [0.717, 1.165) is 36.9 Å². The van der Waals surface area contributed by atoms with E-state index in [0.29, 0.717) is 29.5 Å². The van der Waals surface area contributed by atoms with Crippen molar-refractivity contribution in [2.75, 3.05) is 14.2 Å². The third-order valence-electron chi connectivity index (χ3n) is 7.50. The number of benzene rings is 1. The van der Waals surface area contributed by atoms with Crippen LogP contribution in [0.25, 0.3) is 11.5 Å². The number of aromatic nitrogens is 1. The summed E-state index contributed by atoms with van der Waals surface area (Å²) in [4.78, 5) is 29.5. The molecule has 1 aromatic carbocycles. The van der Waals surface area contributed by atoms with Crippen LogP contribution in [-0.2, 0) is 17.9 Å². The molecule has 1 saturated carbocycles. The van der Waals surface area contributed by atoms with E-state index in [1.54, 1.807) is 31.4 Å². The van der Waals surface area contributed by atoms with E-state index in [1.165, 1.54) is 6.42 Å². The van der Waals surface area contributed by atoms with Gasteiger partial charge in [-0.1, -0.05) is 25.3 Å². The topological polar surface area (TPSA) is 85.9 Å². The van der Waals surface area contributed by atoms with Gasteiger partial charge in [-0.15, -0.1) is 0 Å². The first kappa shape index (κ1) is 24.0. The predicted molar refractivity (Wildman–Crippen MR) is 135 cm³/mol. The molecule has 0 radical (unpaired) electrons. The Morgan fingerprint density at radius 3 is 2.50 bits per heavy atom. The molecule has 1 aliphatic carbocycles. The van der Waals surface area contributed by atoms with Crippen molar-refractivity contribution in [3.8, 4) is 23.0 Å². The first-order valence-corrected chi connectivity index (χ1v) is 12.5. The highest BCUT2D eigenvalue weighted by molar-refractivity contribution is 6.00. The lowest BCUT2D eigenvalue weighted by molar-refractivity contribution is -0.134. The Balaban J connectivity index is 1.53. The third-order valence-corrected chi connectivity index (χ3v) is 7.50. The van der Waals surface area contributed by atoms with Gasteiger partial charge in [-0.25, -0.2) is 0 Å². The first-order chi connectivity index (χ1) is 17.4. The highest BCUT2D eigenvalue weighted by Crippen LogP contribution is 2.36. The predicted octanol–water partition coefficient (Wildman–Crippen LogP) is 4.63. The lowest BCUT2D eigenvalue weighted by atomic mass is 9.91. The molecule has 1 unspecified atom stereocenters. The second-order valence-electron chi connectivity index (χ2n) is 9.83. The number of carbonyl (C=O) groups is 2. The number of ether oxygens (including phenoxy) is 2. The number of furan rings is 1. The Morgan fingerprint density at radius 1 is 1.06 bits per heavy atom. The second kappa shape index (κ2) is 9.76. The minimum Gasteiger partial charge on any atom is -0.493 e. The number of hydrogen-bond acceptors (Lipinski definition) is 5. The van der Waals surface area contributed by atoms with Crippen LogP contribution < -0.4 is 14.8 Å². The van der Waals surface area contributed by atoms with Crippen molar-refractivity contribution in [2.24, 2.45) is 0 Å². The SMILES string of the molecule is COc1ccc(CN2C(=O)c3ccc(-c4ccco4)n3CC2(C)C(=O)NC2CCCCC2)cc1OC. The Labute approximate surface area is 211 Å². The fourth-order valence-electron chi connectivity index (χ4n) is 5.41. The van der Waals surface area contributed by atoms with Crippen LogP contribution in [0.15, 0.2) is 53.1 Å². The van der Waals surface area contributed by atoms with Gasteiger partial charge >= 0.3 is 0 Å². The first-order valence-electron chi connectivity index (χ1n) is 12.5. The number of methoxy groups -OCH3 is 2. The quantitative estimate of drug-likeness (QED) is 0.521. The number of amides is 2. The Morgan fingerprint density at radius 2 is 1.81 bits per heavy atom. The van der Waals surface area contributed by atoms with Gasteiger partial charge in [0, 0.05) is 12.6 Å². The molecule has 36 heavy (non-hydrogen) atoms. The minimum absolute atomic E-state index is 0.132. The smallest absolute Gasteiger partial charge is 0.271 e. The van der Waals surface area contributed by atoms with Crippen molar-refractivity contribution >= 4 is 11.8 Å². The summed E-state index contributed by atoms with van der Waals surface area (Å²) in [7, 11) is 3.17. The van der Waals surface area contributed by atoms with Crippen LogP contribution in [0.1, 0.15) is 55.1 Å². The molecule has 1 atom stereocenters. The third kappa shape index (κ3) is 4.25. The van der Waals surface area contributed by atoms with Crippen molar-refractivity contribution in [2.45, 2.75) is 63.7 Å². The molecular formula is C28H33N3O5. The normalized spacial score (nSPS) is 20.2. The summed E-state index contributed by atoms with van der Waals surface area (Å²) in [5.74, 6) is 1.53. The molecule has 8 heteroatoms. The largest absolute Gasteiger partial charge is 0.493 e. The molecular weight excluding hydrogens is 458 g/mol. The molecule has 3 aromatic rings. The Bertz CT molecular complexity index is 1240. The van der Waals surface area contributed by atoms with Gasteiger partial charge in [0.05, 0.1) is 32.7 Å². The van der Waals surface area contributed by atoms with Crippen molar-refractivity contribution in [1.29, 1.82) is 0 Å². The number of nitrogens with one attached hydrogen (secondary N) is 1. The van der Waals surface area contributed by atoms with Crippen LogP contribution in [0.2, 0.25) is 0 Å². The number of rotatable bonds is 7. The van der Waals surface area contributed by atoms with Gasteiger partial charge in [0.25, 0.3) is 5.91 Å². The molecule has 3 heterocycles. The summed E-state index contributed by atoms with van der Waals surface area (Å²) in [5.41, 5.74) is 1.06. The molecule has 2 aromatic heterocycles. The lowest BCUT2D eigenvalue weighted by Crippen LogP contribution is -2.64. The molecule has 0 spiro atoms. The second-order valence-corrected chi connectivity index (χ2v) is 9.83. The molecule has 1 aliphatic heterocycles. The monoisotopic (exact) mass is 491 g/mol. The molecule has 1 N–H and O–H groups in total. The van der Waals surface area contributed by atoms with E-state index in [2.05, 4.69) is 5.32 Å². The maximum absolute atomic E-state index is 13.9. The average molecular weight is 492 g/mol. The van der Waals surface area contributed by atoms with Crippen LogP contribution in [0.5, 0.6) is 11.5 Å². The van der Waals surface area contributed by atoms with Crippen LogP contribution in [-0.4, -0.2) is 47.1 Å². The van der Waals surface area contributed by atoms with Crippen molar-refractivity contribution in [1.82, 2.24) is 14.8 Å². The fraction of sp³-hybridized carbons (Fsp3) is 0.429. The standard InChI is InChI=1S/C28H33N3O5/c1-28(27(33)29-20-8-5-4-6-9-20)18-30-21(23-10-7-15-36-23)12-13-22(30)26(32)31(28)17-19-11-14-24(34-2)25(16-19)35-3/h7,10-16,20H,4-6,8-9,17-18H2,1-3H3,(H,29,33). The molecule has 5 rings (SSSR count). The lowest BCUT2D eigenvalue weighted by Gasteiger charge is -2.45. The van der Waals surface area contributed by atoms with Crippen molar-refractivity contribution < 1.29 is 23.5 Å². The van der Waals surface area contributed by atoms with Gasteiger partial charge in [0.1, 0.15) is 17.0 Å². The van der Waals surface area contributed by atoms with Gasteiger partial charge in [-0.3, -0.25) is 9.59 Å². The summed E-state index contributed by atoms with van der Waals surface area (Å²) in [6.45, 7) is 2.44. The van der Waals surface area contributed by atoms with E-state index >= 15 is 0 Å². The van der Waals surface area contributed by atoms with Crippen LogP contribution in [0.3, 0.4) is 0 Å². The highest BCUT2D eigenvalue weighted by atomic mass is 16.5. The fourth-order valence-corrected chi connectivity index (χ4v) is 5.41. The van der Waals surface area contributed by atoms with E-state index in [9.17, 15) is 9.59 Å². The zero-order valence-electron chi connectivity index (χ0n) is 21.1. The Hall–Kier alpha value is -3.68. The summed E-state index contributed by atoms with van der Waals surface area (Å²) < 4.78 is 18.4. The molecule has 1 fully saturated rings.